The number of hydrogen-bond acceptors (Lipinski definition) is 7. The van der Waals surface area contributed by atoms with Gasteiger partial charge >= 0.3 is 0 Å². The monoisotopic (exact) mass is 295 g/mol. The van der Waals surface area contributed by atoms with Gasteiger partial charge in [-0.3, -0.25) is 0 Å². The summed E-state index contributed by atoms with van der Waals surface area (Å²) in [5, 5.41) is 7.41. The van der Waals surface area contributed by atoms with Crippen LogP contribution < -0.4 is 5.32 Å². The van der Waals surface area contributed by atoms with Gasteiger partial charge in [0.1, 0.15) is 12.7 Å². The second kappa shape index (κ2) is 5.29. The van der Waals surface area contributed by atoms with Crippen LogP contribution in [-0.2, 0) is 4.74 Å². The van der Waals surface area contributed by atoms with Gasteiger partial charge in [0.15, 0.2) is 0 Å². The van der Waals surface area contributed by atoms with Crippen LogP contribution >= 0.6 is 11.6 Å². The first-order chi connectivity index (χ1) is 9.65. The van der Waals surface area contributed by atoms with Gasteiger partial charge in [-0.15, -0.1) is 0 Å². The van der Waals surface area contributed by atoms with E-state index >= 15 is 0 Å². The van der Waals surface area contributed by atoms with Crippen LogP contribution in [0.25, 0.3) is 5.95 Å². The number of halogens is 1. The van der Waals surface area contributed by atoms with Crippen molar-refractivity contribution in [2.24, 2.45) is 0 Å². The van der Waals surface area contributed by atoms with Gasteiger partial charge in [0, 0.05) is 18.8 Å². The van der Waals surface area contributed by atoms with Crippen LogP contribution in [0.4, 0.5) is 5.95 Å². The van der Waals surface area contributed by atoms with Crippen LogP contribution in [-0.4, -0.2) is 48.5 Å². The first-order valence-corrected chi connectivity index (χ1v) is 6.65. The lowest BCUT2D eigenvalue weighted by molar-refractivity contribution is 0.0656. The van der Waals surface area contributed by atoms with Crippen molar-refractivity contribution in [2.75, 3.05) is 18.5 Å². The van der Waals surface area contributed by atoms with E-state index in [2.05, 4.69) is 37.3 Å². The molecule has 0 unspecified atom stereocenters. The summed E-state index contributed by atoms with van der Waals surface area (Å²) in [4.78, 5) is 16.3. The van der Waals surface area contributed by atoms with E-state index in [4.69, 9.17) is 16.3 Å². The average Bonchev–Trinajstić information content (AvgIpc) is 2.92. The van der Waals surface area contributed by atoms with Gasteiger partial charge in [-0.1, -0.05) is 0 Å². The topological polar surface area (TPSA) is 90.6 Å². The normalized spacial score (nSPS) is 17.9. The summed E-state index contributed by atoms with van der Waals surface area (Å²) in [6.07, 6.45) is 4.68. The number of hydrogen-bond donors (Lipinski definition) is 1. The molecule has 1 fully saturated rings. The van der Waals surface area contributed by atoms with Crippen molar-refractivity contribution in [2.45, 2.75) is 25.3 Å². The van der Waals surface area contributed by atoms with E-state index < -0.39 is 0 Å². The fraction of sp³-hybridized carbons (Fsp3) is 0.545. The van der Waals surface area contributed by atoms with Crippen LogP contribution in [0.1, 0.15) is 19.8 Å². The molecule has 0 aromatic carbocycles. The molecule has 0 spiro atoms. The number of nitrogens with one attached hydrogen (secondary N) is 1. The molecule has 0 radical (unpaired) electrons. The molecule has 0 atom stereocenters. The predicted molar refractivity (Wildman–Crippen MR) is 71.8 cm³/mol. The van der Waals surface area contributed by atoms with Crippen molar-refractivity contribution in [3.8, 4) is 5.95 Å². The van der Waals surface area contributed by atoms with Crippen molar-refractivity contribution in [3.63, 3.8) is 0 Å². The maximum absolute atomic E-state index is 5.94. The van der Waals surface area contributed by atoms with Gasteiger partial charge in [0.2, 0.25) is 11.2 Å². The van der Waals surface area contributed by atoms with Crippen molar-refractivity contribution >= 4 is 17.5 Å². The second-order valence-electron chi connectivity index (χ2n) is 4.87. The molecule has 0 saturated carbocycles. The molecule has 2 aromatic rings. The molecule has 1 aliphatic rings. The molecule has 9 heteroatoms. The Morgan fingerprint density at radius 2 is 2.10 bits per heavy atom. The summed E-state index contributed by atoms with van der Waals surface area (Å²) >= 11 is 5.94. The molecule has 0 bridgehead atoms. The van der Waals surface area contributed by atoms with Crippen LogP contribution in [0, 0.1) is 0 Å². The number of nitrogens with zero attached hydrogens (tertiary/aromatic N) is 6. The molecule has 8 nitrogen and oxygen atoms in total. The predicted octanol–water partition coefficient (Wildman–Crippen LogP) is 1.09. The number of anilines is 1. The SMILES string of the molecule is CC1(Nc2nc(Cl)nc(-n3cncn3)n2)CCOCC1. The highest BCUT2D eigenvalue weighted by Gasteiger charge is 2.28. The molecule has 1 aliphatic heterocycles. The van der Waals surface area contributed by atoms with E-state index in [0.717, 1.165) is 26.1 Å². The molecule has 3 rings (SSSR count). The molecule has 0 amide bonds. The Hall–Kier alpha value is -1.80. The van der Waals surface area contributed by atoms with Crippen LogP contribution in [0.2, 0.25) is 5.28 Å². The summed E-state index contributed by atoms with van der Waals surface area (Å²) in [6, 6.07) is 0. The lowest BCUT2D eigenvalue weighted by atomic mass is 9.93. The Bertz CT molecular complexity index is 582. The summed E-state index contributed by atoms with van der Waals surface area (Å²) in [5.74, 6) is 0.764. The molecule has 2 aromatic heterocycles. The van der Waals surface area contributed by atoms with E-state index in [1.165, 1.54) is 17.3 Å². The fourth-order valence-electron chi connectivity index (χ4n) is 2.03. The lowest BCUT2D eigenvalue weighted by Gasteiger charge is -2.34. The minimum absolute atomic E-state index is 0.109. The van der Waals surface area contributed by atoms with Crippen LogP contribution in [0.3, 0.4) is 0 Å². The Labute approximate surface area is 120 Å². The third-order valence-corrected chi connectivity index (χ3v) is 3.40. The van der Waals surface area contributed by atoms with E-state index in [-0.39, 0.29) is 10.8 Å². The first-order valence-electron chi connectivity index (χ1n) is 6.27. The standard InChI is InChI=1S/C11H14ClN7O/c1-11(2-4-20-5-3-11)18-9-15-8(12)16-10(17-9)19-7-13-6-14-19/h6-7H,2-5H2,1H3,(H,15,16,17,18). The van der Waals surface area contributed by atoms with Crippen molar-refractivity contribution in [1.29, 1.82) is 0 Å². The van der Waals surface area contributed by atoms with E-state index in [1.807, 2.05) is 0 Å². The average molecular weight is 296 g/mol. The first kappa shape index (κ1) is 13.2. The fourth-order valence-corrected chi connectivity index (χ4v) is 2.18. The molecule has 0 aliphatic carbocycles. The molecule has 1 N–H and O–H groups in total. The summed E-state index contributed by atoms with van der Waals surface area (Å²) in [5.41, 5.74) is -0.109. The van der Waals surface area contributed by atoms with Crippen molar-refractivity contribution < 1.29 is 4.74 Å². The van der Waals surface area contributed by atoms with Gasteiger partial charge in [0.25, 0.3) is 5.95 Å². The maximum Gasteiger partial charge on any atom is 0.258 e. The van der Waals surface area contributed by atoms with Crippen LogP contribution in [0.15, 0.2) is 12.7 Å². The summed E-state index contributed by atoms with van der Waals surface area (Å²) in [6.45, 7) is 3.55. The zero-order valence-electron chi connectivity index (χ0n) is 11.0. The van der Waals surface area contributed by atoms with Crippen molar-refractivity contribution in [3.05, 3.63) is 17.9 Å². The molecule has 1 saturated heterocycles. The number of ether oxygens (including phenoxy) is 1. The Kier molecular flexibility index (Phi) is 3.49. The number of aromatic nitrogens is 6. The molecule has 3 heterocycles. The highest BCUT2D eigenvalue weighted by molar-refractivity contribution is 6.28. The molecular weight excluding hydrogens is 282 g/mol. The van der Waals surface area contributed by atoms with E-state index in [9.17, 15) is 0 Å². The van der Waals surface area contributed by atoms with Crippen LogP contribution in [0.5, 0.6) is 0 Å². The van der Waals surface area contributed by atoms with Gasteiger partial charge in [-0.2, -0.15) is 24.7 Å². The third-order valence-electron chi connectivity index (χ3n) is 3.23. The van der Waals surface area contributed by atoms with E-state index in [0.29, 0.717) is 11.9 Å². The molecular formula is C11H14ClN7O. The highest BCUT2D eigenvalue weighted by atomic mass is 35.5. The maximum atomic E-state index is 5.94. The smallest absolute Gasteiger partial charge is 0.258 e. The second-order valence-corrected chi connectivity index (χ2v) is 5.20. The van der Waals surface area contributed by atoms with E-state index in [1.54, 1.807) is 0 Å². The minimum atomic E-state index is -0.109. The minimum Gasteiger partial charge on any atom is -0.381 e. The van der Waals surface area contributed by atoms with Gasteiger partial charge in [-0.25, -0.2) is 4.98 Å². The molecule has 20 heavy (non-hydrogen) atoms. The Morgan fingerprint density at radius 1 is 1.30 bits per heavy atom. The largest absolute Gasteiger partial charge is 0.381 e. The van der Waals surface area contributed by atoms with Gasteiger partial charge in [0.05, 0.1) is 0 Å². The molecule has 106 valence electrons. The third kappa shape index (κ3) is 2.86. The van der Waals surface area contributed by atoms with Crippen molar-refractivity contribution in [1.82, 2.24) is 29.7 Å². The number of rotatable bonds is 3. The van der Waals surface area contributed by atoms with Gasteiger partial charge < -0.3 is 10.1 Å². The highest BCUT2D eigenvalue weighted by Crippen LogP contribution is 2.24. The summed E-state index contributed by atoms with van der Waals surface area (Å²) < 4.78 is 6.80. The summed E-state index contributed by atoms with van der Waals surface area (Å²) in [7, 11) is 0. The Balaban J connectivity index is 1.86. The quantitative estimate of drug-likeness (QED) is 0.906. The Morgan fingerprint density at radius 3 is 2.80 bits per heavy atom. The zero-order valence-corrected chi connectivity index (χ0v) is 11.7. The zero-order chi connectivity index (χ0) is 14.0. The van der Waals surface area contributed by atoms with Gasteiger partial charge in [-0.05, 0) is 31.4 Å². The lowest BCUT2D eigenvalue weighted by Crippen LogP contribution is -2.41.